The highest BCUT2D eigenvalue weighted by atomic mass is 79.9. The fraction of sp³-hybridized carbons (Fsp3) is 0. The van der Waals surface area contributed by atoms with E-state index in [2.05, 4.69) is 26.2 Å². The average molecular weight is 410 g/mol. The van der Waals surface area contributed by atoms with Gasteiger partial charge in [0.1, 0.15) is 0 Å². The van der Waals surface area contributed by atoms with Gasteiger partial charge in [0.2, 0.25) is 5.91 Å². The van der Waals surface area contributed by atoms with Crippen LogP contribution in [0.15, 0.2) is 40.9 Å². The second-order valence-electron chi connectivity index (χ2n) is 4.39. The number of carbonyl (C=O) groups excluding carboxylic acids is 1. The summed E-state index contributed by atoms with van der Waals surface area (Å²) in [5, 5.41) is 13.8. The summed E-state index contributed by atoms with van der Waals surface area (Å²) in [5.41, 5.74) is 0.811. The maximum Gasteiger partial charge on any atom is 0.324 e. The number of aromatic nitrogens is 1. The van der Waals surface area contributed by atoms with E-state index in [0.29, 0.717) is 10.0 Å². The van der Waals surface area contributed by atoms with E-state index in [9.17, 15) is 14.9 Å². The van der Waals surface area contributed by atoms with Crippen molar-refractivity contribution < 1.29 is 9.72 Å². The lowest BCUT2D eigenvalue weighted by atomic mass is 10.3. The van der Waals surface area contributed by atoms with Gasteiger partial charge in [0.15, 0.2) is 5.13 Å². The van der Waals surface area contributed by atoms with Gasteiger partial charge in [0.25, 0.3) is 0 Å². The Morgan fingerprint density at radius 2 is 2.13 bits per heavy atom. The molecular formula is C14H8BrN3O3S2. The maximum absolute atomic E-state index is 11.9. The molecule has 0 aliphatic heterocycles. The van der Waals surface area contributed by atoms with Crippen LogP contribution in [0.25, 0.3) is 16.3 Å². The molecule has 0 saturated heterocycles. The molecule has 23 heavy (non-hydrogen) atoms. The smallest absolute Gasteiger partial charge is 0.298 e. The van der Waals surface area contributed by atoms with Gasteiger partial charge in [0, 0.05) is 21.5 Å². The number of rotatable bonds is 4. The van der Waals surface area contributed by atoms with Gasteiger partial charge in [-0.2, -0.15) is 0 Å². The Balaban J connectivity index is 1.69. The molecule has 0 saturated carbocycles. The molecule has 0 unspecified atom stereocenters. The minimum absolute atomic E-state index is 0.0433. The topological polar surface area (TPSA) is 85.1 Å². The Kier molecular flexibility index (Phi) is 4.51. The number of nitrogens with one attached hydrogen (secondary N) is 1. The van der Waals surface area contributed by atoms with Gasteiger partial charge in [-0.05, 0) is 30.3 Å². The van der Waals surface area contributed by atoms with Crippen molar-refractivity contribution in [2.75, 3.05) is 5.32 Å². The molecule has 0 aliphatic carbocycles. The van der Waals surface area contributed by atoms with E-state index in [1.165, 1.54) is 29.6 Å². The number of hydrogen-bond donors (Lipinski definition) is 1. The van der Waals surface area contributed by atoms with Crippen LogP contribution in [-0.4, -0.2) is 15.8 Å². The summed E-state index contributed by atoms with van der Waals surface area (Å²) in [6.45, 7) is 0. The normalized spacial score (nSPS) is 11.2. The second kappa shape index (κ2) is 6.57. The van der Waals surface area contributed by atoms with Gasteiger partial charge >= 0.3 is 5.00 Å². The van der Waals surface area contributed by atoms with E-state index < -0.39 is 4.92 Å². The quantitative estimate of drug-likeness (QED) is 0.385. The van der Waals surface area contributed by atoms with Gasteiger partial charge in [-0.3, -0.25) is 20.2 Å². The predicted octanol–water partition coefficient (Wildman–Crippen LogP) is 4.68. The van der Waals surface area contributed by atoms with Crippen LogP contribution in [0.3, 0.4) is 0 Å². The molecule has 3 rings (SSSR count). The molecule has 0 fully saturated rings. The van der Waals surface area contributed by atoms with E-state index in [4.69, 9.17) is 0 Å². The van der Waals surface area contributed by atoms with Gasteiger partial charge in [-0.25, -0.2) is 4.98 Å². The Bertz CT molecular complexity index is 932. The summed E-state index contributed by atoms with van der Waals surface area (Å²) in [6, 6.07) is 8.70. The first-order chi connectivity index (χ1) is 11.0. The largest absolute Gasteiger partial charge is 0.324 e. The molecule has 0 aliphatic rings. The van der Waals surface area contributed by atoms with E-state index in [0.717, 1.165) is 26.0 Å². The highest BCUT2D eigenvalue weighted by molar-refractivity contribution is 9.10. The molecule has 0 bridgehead atoms. The van der Waals surface area contributed by atoms with Crippen molar-refractivity contribution in [3.8, 4) is 0 Å². The number of fused-ring (bicyclic) bond motifs is 1. The van der Waals surface area contributed by atoms with Crippen LogP contribution >= 0.6 is 38.6 Å². The van der Waals surface area contributed by atoms with Crippen molar-refractivity contribution >= 4 is 70.9 Å². The first-order valence-corrected chi connectivity index (χ1v) is 8.73. The summed E-state index contributed by atoms with van der Waals surface area (Å²) in [7, 11) is 0. The molecule has 1 N–H and O–H groups in total. The molecule has 0 atom stereocenters. The molecule has 2 aromatic heterocycles. The Morgan fingerprint density at radius 1 is 1.30 bits per heavy atom. The molecule has 0 radical (unpaired) electrons. The zero-order chi connectivity index (χ0) is 16.4. The summed E-state index contributed by atoms with van der Waals surface area (Å²) in [6.07, 6.45) is 2.87. The zero-order valence-electron chi connectivity index (χ0n) is 11.4. The fourth-order valence-electron chi connectivity index (χ4n) is 1.79. The van der Waals surface area contributed by atoms with Crippen LogP contribution in [0.2, 0.25) is 0 Å². The van der Waals surface area contributed by atoms with Crippen LogP contribution in [0.1, 0.15) is 4.88 Å². The van der Waals surface area contributed by atoms with Crippen LogP contribution in [0.4, 0.5) is 10.1 Å². The van der Waals surface area contributed by atoms with E-state index in [1.54, 1.807) is 6.07 Å². The minimum Gasteiger partial charge on any atom is -0.298 e. The molecule has 9 heteroatoms. The summed E-state index contributed by atoms with van der Waals surface area (Å²) < 4.78 is 1.92. The Labute approximate surface area is 146 Å². The lowest BCUT2D eigenvalue weighted by Gasteiger charge is -1.94. The number of anilines is 1. The van der Waals surface area contributed by atoms with Gasteiger partial charge in [0.05, 0.1) is 15.1 Å². The number of nitrogens with zero attached hydrogens (tertiary/aromatic N) is 2. The number of nitro groups is 1. The van der Waals surface area contributed by atoms with Crippen LogP contribution in [0, 0.1) is 10.1 Å². The third-order valence-electron chi connectivity index (χ3n) is 2.77. The van der Waals surface area contributed by atoms with Gasteiger partial charge in [-0.15, -0.1) is 0 Å². The molecule has 0 spiro atoms. The van der Waals surface area contributed by atoms with Crippen molar-refractivity contribution in [1.29, 1.82) is 0 Å². The van der Waals surface area contributed by atoms with Crippen molar-refractivity contribution in [1.82, 2.24) is 4.98 Å². The third kappa shape index (κ3) is 3.81. The second-order valence-corrected chi connectivity index (χ2v) is 7.43. The number of carbonyl (C=O) groups is 1. The Morgan fingerprint density at radius 3 is 2.87 bits per heavy atom. The molecule has 6 nitrogen and oxygen atoms in total. The summed E-state index contributed by atoms with van der Waals surface area (Å²) in [4.78, 5) is 27.0. The highest BCUT2D eigenvalue weighted by Crippen LogP contribution is 2.28. The zero-order valence-corrected chi connectivity index (χ0v) is 14.6. The van der Waals surface area contributed by atoms with Crippen LogP contribution in [-0.2, 0) is 4.79 Å². The SMILES string of the molecule is O=C(C=Cc1ccc([N+](=O)[O-])s1)Nc1nc2ccc(Br)cc2s1. The number of amides is 1. The third-order valence-corrected chi connectivity index (χ3v) is 5.20. The molecule has 2 heterocycles. The predicted molar refractivity (Wildman–Crippen MR) is 96.0 cm³/mol. The van der Waals surface area contributed by atoms with Gasteiger partial charge < -0.3 is 0 Å². The standard InChI is InChI=1S/C14H8BrN3O3S2/c15-8-1-4-10-11(7-8)23-14(16-10)17-12(19)5-2-9-3-6-13(22-9)18(20)21/h1-7H,(H,16,17,19). The minimum atomic E-state index is -0.457. The fourth-order valence-corrected chi connectivity index (χ4v) is 3.93. The van der Waals surface area contributed by atoms with E-state index >= 15 is 0 Å². The number of hydrogen-bond acceptors (Lipinski definition) is 6. The van der Waals surface area contributed by atoms with Crippen molar-refractivity contribution in [3.63, 3.8) is 0 Å². The maximum atomic E-state index is 11.9. The molecule has 1 amide bonds. The first-order valence-electron chi connectivity index (χ1n) is 6.30. The highest BCUT2D eigenvalue weighted by Gasteiger charge is 2.09. The molecule has 116 valence electrons. The van der Waals surface area contributed by atoms with E-state index in [-0.39, 0.29) is 10.9 Å². The number of halogens is 1. The summed E-state index contributed by atoms with van der Waals surface area (Å²) >= 11 is 5.78. The van der Waals surface area contributed by atoms with Crippen LogP contribution in [0.5, 0.6) is 0 Å². The first kappa shape index (κ1) is 15.8. The molecule has 3 aromatic rings. The Hall–Kier alpha value is -2.10. The summed E-state index contributed by atoms with van der Waals surface area (Å²) in [5.74, 6) is -0.334. The van der Waals surface area contributed by atoms with Crippen molar-refractivity contribution in [3.05, 3.63) is 55.9 Å². The molecular weight excluding hydrogens is 402 g/mol. The number of thiazole rings is 1. The van der Waals surface area contributed by atoms with Crippen LogP contribution < -0.4 is 5.32 Å². The lowest BCUT2D eigenvalue weighted by molar-refractivity contribution is -0.380. The van der Waals surface area contributed by atoms with Gasteiger partial charge in [-0.1, -0.05) is 38.6 Å². The lowest BCUT2D eigenvalue weighted by Crippen LogP contribution is -2.06. The van der Waals surface area contributed by atoms with E-state index in [1.807, 2.05) is 18.2 Å². The van der Waals surface area contributed by atoms with Crippen molar-refractivity contribution in [2.45, 2.75) is 0 Å². The number of benzene rings is 1. The average Bonchev–Trinajstić information content (AvgIpc) is 3.10. The number of thiophene rings is 1. The van der Waals surface area contributed by atoms with Crippen molar-refractivity contribution in [2.24, 2.45) is 0 Å². The monoisotopic (exact) mass is 409 g/mol. The molecule has 1 aromatic carbocycles.